The van der Waals surface area contributed by atoms with Crippen molar-refractivity contribution in [1.29, 1.82) is 0 Å². The van der Waals surface area contributed by atoms with Gasteiger partial charge in [0.25, 0.3) is 0 Å². The molecule has 0 saturated heterocycles. The van der Waals surface area contributed by atoms with Crippen LogP contribution in [0.3, 0.4) is 0 Å². The summed E-state index contributed by atoms with van der Waals surface area (Å²) in [4.78, 5) is 43.8. The first kappa shape index (κ1) is 20.7. The predicted octanol–water partition coefficient (Wildman–Crippen LogP) is -0.170. The van der Waals surface area contributed by atoms with E-state index < -0.39 is 18.0 Å². The Morgan fingerprint density at radius 3 is 2.00 bits per heavy atom. The van der Waals surface area contributed by atoms with Crippen LogP contribution in [0.1, 0.15) is 51.4 Å². The number of rotatable bonds is 13. The van der Waals surface area contributed by atoms with E-state index in [1.807, 2.05) is 0 Å². The molecule has 0 aromatic heterocycles. The number of primary amides is 2. The van der Waals surface area contributed by atoms with Gasteiger partial charge in [0.2, 0.25) is 11.8 Å². The van der Waals surface area contributed by atoms with Crippen molar-refractivity contribution in [2.24, 2.45) is 11.5 Å². The summed E-state index contributed by atoms with van der Waals surface area (Å²) in [6.07, 6.45) is 4.67. The van der Waals surface area contributed by atoms with E-state index in [0.29, 0.717) is 12.8 Å². The van der Waals surface area contributed by atoms with Crippen molar-refractivity contribution < 1.29 is 24.3 Å². The molecule has 0 bridgehead atoms. The smallest absolute Gasteiger partial charge is 0.326 e. The summed E-state index contributed by atoms with van der Waals surface area (Å²) in [7, 11) is 0. The molecule has 0 spiro atoms. The summed E-state index contributed by atoms with van der Waals surface area (Å²) in [5.74, 6) is -1.81. The molecule has 0 heterocycles. The molecule has 7 N–H and O–H groups in total. The van der Waals surface area contributed by atoms with E-state index in [0.717, 1.165) is 25.7 Å². The highest BCUT2D eigenvalue weighted by molar-refractivity contribution is 5.83. The minimum Gasteiger partial charge on any atom is -0.480 e. The molecule has 0 fully saturated rings. The lowest BCUT2D eigenvalue weighted by atomic mass is 10.1. The van der Waals surface area contributed by atoms with Gasteiger partial charge in [0, 0.05) is 19.4 Å². The summed E-state index contributed by atoms with van der Waals surface area (Å²) in [5, 5.41) is 13.7. The lowest BCUT2D eigenvalue weighted by Gasteiger charge is -2.14. The van der Waals surface area contributed by atoms with Crippen LogP contribution in [0.5, 0.6) is 0 Å². The van der Waals surface area contributed by atoms with Crippen LogP contribution < -0.4 is 22.1 Å². The van der Waals surface area contributed by atoms with Crippen LogP contribution in [0.2, 0.25) is 0 Å². The van der Waals surface area contributed by atoms with Gasteiger partial charge < -0.3 is 27.2 Å². The quantitative estimate of drug-likeness (QED) is 0.295. The number of carboxylic acid groups (broad SMARTS) is 1. The zero-order valence-electron chi connectivity index (χ0n) is 13.2. The maximum atomic E-state index is 11.7. The van der Waals surface area contributed by atoms with Crippen LogP contribution in [0.25, 0.3) is 0 Å². The van der Waals surface area contributed by atoms with Gasteiger partial charge >= 0.3 is 12.0 Å². The molecule has 0 radical (unpaired) electrons. The predicted molar refractivity (Wildman–Crippen MR) is 83.3 cm³/mol. The molecule has 0 aliphatic carbocycles. The van der Waals surface area contributed by atoms with Crippen molar-refractivity contribution in [2.45, 2.75) is 57.4 Å². The molecule has 0 aliphatic heterocycles. The Balaban J connectivity index is 3.80. The first-order valence-electron chi connectivity index (χ1n) is 7.66. The van der Waals surface area contributed by atoms with Crippen molar-refractivity contribution in [3.63, 3.8) is 0 Å². The van der Waals surface area contributed by atoms with Gasteiger partial charge in [-0.1, -0.05) is 19.3 Å². The fourth-order valence-corrected chi connectivity index (χ4v) is 1.98. The third kappa shape index (κ3) is 13.1. The number of amides is 4. The van der Waals surface area contributed by atoms with Crippen LogP contribution in [0.4, 0.5) is 4.79 Å². The van der Waals surface area contributed by atoms with Crippen LogP contribution in [-0.2, 0) is 14.4 Å². The van der Waals surface area contributed by atoms with Crippen LogP contribution in [-0.4, -0.2) is 41.5 Å². The molecule has 132 valence electrons. The summed E-state index contributed by atoms with van der Waals surface area (Å²) in [5.41, 5.74) is 9.90. The Morgan fingerprint density at radius 1 is 0.913 bits per heavy atom. The topological polar surface area (TPSA) is 165 Å². The van der Waals surface area contributed by atoms with E-state index >= 15 is 0 Å². The summed E-state index contributed by atoms with van der Waals surface area (Å²) in [6.45, 7) is 0.0758. The van der Waals surface area contributed by atoms with E-state index in [9.17, 15) is 19.2 Å². The SMILES string of the molecule is NC(=O)CCCCCCCC(=O)N[C@@H](CCNC(N)=O)C(=O)O. The number of hydrogen-bond acceptors (Lipinski definition) is 4. The molecular weight excluding hydrogens is 304 g/mol. The molecule has 9 nitrogen and oxygen atoms in total. The number of urea groups is 1. The molecule has 0 unspecified atom stereocenters. The summed E-state index contributed by atoms with van der Waals surface area (Å²) >= 11 is 0. The van der Waals surface area contributed by atoms with Gasteiger partial charge in [-0.3, -0.25) is 9.59 Å². The van der Waals surface area contributed by atoms with E-state index in [-0.39, 0.29) is 31.2 Å². The van der Waals surface area contributed by atoms with Gasteiger partial charge in [-0.2, -0.15) is 0 Å². The number of carbonyl (C=O) groups excluding carboxylic acids is 3. The van der Waals surface area contributed by atoms with Gasteiger partial charge in [-0.25, -0.2) is 9.59 Å². The number of hydrogen-bond donors (Lipinski definition) is 5. The monoisotopic (exact) mass is 330 g/mol. The second-order valence-electron chi connectivity index (χ2n) is 5.27. The zero-order valence-corrected chi connectivity index (χ0v) is 13.2. The number of nitrogens with one attached hydrogen (secondary N) is 2. The third-order valence-corrected chi connectivity index (χ3v) is 3.19. The standard InChI is InChI=1S/C14H26N4O5/c15-11(19)6-4-2-1-3-5-7-12(20)18-10(13(21)22)8-9-17-14(16)23/h10H,1-9H2,(H2,15,19)(H,18,20)(H,21,22)(H3,16,17,23)/t10-/m0/s1. The Labute approximate surface area is 135 Å². The van der Waals surface area contributed by atoms with Gasteiger partial charge in [-0.15, -0.1) is 0 Å². The number of carbonyl (C=O) groups is 4. The largest absolute Gasteiger partial charge is 0.480 e. The Kier molecular flexibility index (Phi) is 11.0. The fourth-order valence-electron chi connectivity index (χ4n) is 1.98. The van der Waals surface area contributed by atoms with Crippen LogP contribution in [0.15, 0.2) is 0 Å². The van der Waals surface area contributed by atoms with Gasteiger partial charge in [0.15, 0.2) is 0 Å². The first-order chi connectivity index (χ1) is 10.8. The minimum atomic E-state index is -1.16. The lowest BCUT2D eigenvalue weighted by Crippen LogP contribution is -2.43. The van der Waals surface area contributed by atoms with Crippen molar-refractivity contribution in [2.75, 3.05) is 6.54 Å². The maximum Gasteiger partial charge on any atom is 0.326 e. The third-order valence-electron chi connectivity index (χ3n) is 3.19. The van der Waals surface area contributed by atoms with E-state index in [2.05, 4.69) is 10.6 Å². The van der Waals surface area contributed by atoms with E-state index in [1.165, 1.54) is 0 Å². The highest BCUT2D eigenvalue weighted by Crippen LogP contribution is 2.07. The molecule has 0 saturated carbocycles. The van der Waals surface area contributed by atoms with Crippen molar-refractivity contribution in [3.05, 3.63) is 0 Å². The molecule has 0 aromatic carbocycles. The zero-order chi connectivity index (χ0) is 17.7. The molecule has 0 aromatic rings. The van der Waals surface area contributed by atoms with Gasteiger partial charge in [-0.05, 0) is 19.3 Å². The Hall–Kier alpha value is -2.32. The van der Waals surface area contributed by atoms with Crippen LogP contribution in [0, 0.1) is 0 Å². The number of aliphatic carboxylic acids is 1. The highest BCUT2D eigenvalue weighted by atomic mass is 16.4. The number of nitrogens with two attached hydrogens (primary N) is 2. The molecule has 9 heteroatoms. The second-order valence-corrected chi connectivity index (χ2v) is 5.27. The number of carboxylic acids is 1. The summed E-state index contributed by atoms with van der Waals surface area (Å²) in [6, 6.07) is -1.79. The normalized spacial score (nSPS) is 11.5. The average Bonchev–Trinajstić information content (AvgIpc) is 2.44. The molecule has 0 rings (SSSR count). The van der Waals surface area contributed by atoms with E-state index in [1.54, 1.807) is 0 Å². The number of unbranched alkanes of at least 4 members (excludes halogenated alkanes) is 4. The lowest BCUT2D eigenvalue weighted by molar-refractivity contribution is -0.142. The van der Waals surface area contributed by atoms with Gasteiger partial charge in [0.1, 0.15) is 6.04 Å². The highest BCUT2D eigenvalue weighted by Gasteiger charge is 2.19. The molecule has 0 aliphatic rings. The molecule has 1 atom stereocenters. The van der Waals surface area contributed by atoms with Crippen molar-refractivity contribution >= 4 is 23.8 Å². The summed E-state index contributed by atoms with van der Waals surface area (Å²) < 4.78 is 0. The van der Waals surface area contributed by atoms with Gasteiger partial charge in [0.05, 0.1) is 0 Å². The molecule has 4 amide bonds. The minimum absolute atomic E-state index is 0.0666. The van der Waals surface area contributed by atoms with Crippen LogP contribution >= 0.6 is 0 Å². The second kappa shape index (κ2) is 12.2. The molecule has 23 heavy (non-hydrogen) atoms. The van der Waals surface area contributed by atoms with Crippen molar-refractivity contribution in [3.8, 4) is 0 Å². The Bertz CT molecular complexity index is 414. The molecular formula is C14H26N4O5. The first-order valence-corrected chi connectivity index (χ1v) is 7.66. The Morgan fingerprint density at radius 2 is 1.48 bits per heavy atom. The van der Waals surface area contributed by atoms with Crippen molar-refractivity contribution in [1.82, 2.24) is 10.6 Å². The fraction of sp³-hybridized carbons (Fsp3) is 0.714. The average molecular weight is 330 g/mol. The van der Waals surface area contributed by atoms with E-state index in [4.69, 9.17) is 16.6 Å². The maximum absolute atomic E-state index is 11.7.